The van der Waals surface area contributed by atoms with Crippen LogP contribution in [0.1, 0.15) is 98.4 Å². The Kier molecular flexibility index (Phi) is 13.2. The zero-order valence-electron chi connectivity index (χ0n) is 30.1. The molecule has 4 nitrogen and oxygen atoms in total. The van der Waals surface area contributed by atoms with Crippen molar-refractivity contribution >= 4 is 60.9 Å². The van der Waals surface area contributed by atoms with Crippen molar-refractivity contribution in [2.75, 3.05) is 0 Å². The third-order valence-corrected chi connectivity index (χ3v) is 11.8. The van der Waals surface area contributed by atoms with Crippen LogP contribution in [0, 0.1) is 23.8 Å². The number of carbonyl (C=O) groups excluding carboxylic acids is 1. The van der Waals surface area contributed by atoms with E-state index in [1.54, 1.807) is 23.1 Å². The Bertz CT molecular complexity index is 1930. The van der Waals surface area contributed by atoms with Crippen molar-refractivity contribution in [2.45, 2.75) is 105 Å². The number of aliphatic hydroxyl groups is 1. The molecule has 0 aliphatic carbocycles. The summed E-state index contributed by atoms with van der Waals surface area (Å²) in [7, 11) is 0. The molecule has 1 radical (unpaired) electrons. The van der Waals surface area contributed by atoms with Crippen molar-refractivity contribution in [3.63, 3.8) is 0 Å². The van der Waals surface area contributed by atoms with Gasteiger partial charge in [-0.3, -0.25) is 4.79 Å². The van der Waals surface area contributed by atoms with Gasteiger partial charge in [0.05, 0.1) is 4.70 Å². The Hall–Kier alpha value is -2.70. The molecule has 2 aromatic carbocycles. The second-order valence-electron chi connectivity index (χ2n) is 13.9. The molecular weight excluding hydrogens is 811 g/mol. The standard InChI is InChI=1S/C26H22NOS2.C15H28O2.Ir/c1-6-29-21-10-8-16(14-19(21)26(3,4)5)23-22-18-9-7-17-13-15(2)30-25(17)24(18)28-20(22)11-12-27-23;1-7-14(5,8-2)12(16)11-13(17)15(6,9-3)10-4;/h6-7,9-14H,1H2,2-5H3;11,16H,7-10H2,1-6H3;/q-1;;/b;12-11-;. The van der Waals surface area contributed by atoms with Gasteiger partial charge >= 0.3 is 0 Å². The third-order valence-electron chi connectivity index (χ3n) is 9.95. The predicted molar refractivity (Wildman–Crippen MR) is 204 cm³/mol. The molecule has 3 aromatic heterocycles. The number of rotatable bonds is 10. The summed E-state index contributed by atoms with van der Waals surface area (Å²) in [6, 6.07) is 16.3. The molecule has 0 atom stereocenters. The van der Waals surface area contributed by atoms with E-state index in [2.05, 4.69) is 70.7 Å². The number of thiophene rings is 1. The normalized spacial score (nSPS) is 12.6. The molecule has 0 spiro atoms. The van der Waals surface area contributed by atoms with Gasteiger partial charge in [-0.1, -0.05) is 85.9 Å². The fraction of sp³-hybridized carbons (Fsp3) is 0.415. The van der Waals surface area contributed by atoms with E-state index < -0.39 is 0 Å². The summed E-state index contributed by atoms with van der Waals surface area (Å²) in [6.07, 6.45) is 6.58. The van der Waals surface area contributed by atoms with Crippen molar-refractivity contribution in [3.8, 4) is 11.3 Å². The second-order valence-corrected chi connectivity index (χ2v) is 16.2. The largest absolute Gasteiger partial charge is 0.512 e. The van der Waals surface area contributed by atoms with Gasteiger partial charge in [-0.25, -0.2) is 0 Å². The van der Waals surface area contributed by atoms with Crippen LogP contribution in [0.4, 0.5) is 0 Å². The number of allylic oxidation sites excluding steroid dienone is 2. The Morgan fingerprint density at radius 3 is 2.25 bits per heavy atom. The Labute approximate surface area is 308 Å². The second kappa shape index (κ2) is 15.9. The van der Waals surface area contributed by atoms with E-state index in [1.807, 2.05) is 59.2 Å². The number of furan rings is 1. The van der Waals surface area contributed by atoms with E-state index in [0.717, 1.165) is 58.9 Å². The van der Waals surface area contributed by atoms with Crippen LogP contribution in [0.15, 0.2) is 75.7 Å². The minimum atomic E-state index is -0.337. The number of pyridine rings is 1. The fourth-order valence-corrected chi connectivity index (χ4v) is 7.48. The summed E-state index contributed by atoms with van der Waals surface area (Å²) in [6.45, 7) is 24.8. The zero-order chi connectivity index (χ0) is 34.7. The Morgan fingerprint density at radius 2 is 1.67 bits per heavy atom. The number of ketones is 1. The number of aryl methyl sites for hydroxylation is 1. The molecule has 0 saturated carbocycles. The van der Waals surface area contributed by atoms with Crippen LogP contribution < -0.4 is 0 Å². The number of hydrogen-bond donors (Lipinski definition) is 1. The van der Waals surface area contributed by atoms with Crippen LogP contribution in [0.2, 0.25) is 0 Å². The monoisotopic (exact) mass is 861 g/mol. The summed E-state index contributed by atoms with van der Waals surface area (Å²) in [5.41, 5.74) is 4.39. The molecule has 0 fully saturated rings. The Balaban J connectivity index is 0.000000301. The molecule has 0 aliphatic heterocycles. The average Bonchev–Trinajstić information content (AvgIpc) is 3.63. The molecule has 0 saturated heterocycles. The SMILES string of the molecule is C=CSc1c[c-]c(-c2nccc3oc4c(ccc5cc(C)sc54)c23)cc1C(C)(C)C.CCC(C)(CC)C(=O)/C=C(\O)C(C)(CC)CC.[Ir]. The van der Waals surface area contributed by atoms with Crippen molar-refractivity contribution < 1.29 is 34.4 Å². The summed E-state index contributed by atoms with van der Waals surface area (Å²) in [4.78, 5) is 19.4. The molecule has 7 heteroatoms. The number of carbonyl (C=O) groups is 1. The first-order valence-corrected chi connectivity index (χ1v) is 18.4. The van der Waals surface area contributed by atoms with Crippen LogP contribution >= 0.6 is 23.1 Å². The molecule has 5 rings (SSSR count). The summed E-state index contributed by atoms with van der Waals surface area (Å²) in [5.74, 6) is 0.286. The van der Waals surface area contributed by atoms with Gasteiger partial charge in [0.2, 0.25) is 0 Å². The van der Waals surface area contributed by atoms with Gasteiger partial charge in [0, 0.05) is 58.9 Å². The molecule has 3 heterocycles. The molecule has 48 heavy (non-hydrogen) atoms. The van der Waals surface area contributed by atoms with E-state index in [1.165, 1.54) is 31.5 Å². The number of fused-ring (bicyclic) bond motifs is 5. The van der Waals surface area contributed by atoms with Crippen LogP contribution in [0.25, 0.3) is 43.3 Å². The maximum absolute atomic E-state index is 12.2. The van der Waals surface area contributed by atoms with E-state index in [-0.39, 0.29) is 47.9 Å². The smallest absolute Gasteiger partial charge is 0.164 e. The topological polar surface area (TPSA) is 63.3 Å². The van der Waals surface area contributed by atoms with Crippen molar-refractivity contribution in [2.24, 2.45) is 10.8 Å². The van der Waals surface area contributed by atoms with Gasteiger partial charge in [0.25, 0.3) is 0 Å². The van der Waals surface area contributed by atoms with Gasteiger partial charge < -0.3 is 14.5 Å². The molecule has 5 aromatic rings. The maximum Gasteiger partial charge on any atom is 0.164 e. The van der Waals surface area contributed by atoms with E-state index in [4.69, 9.17) is 9.40 Å². The van der Waals surface area contributed by atoms with Crippen LogP contribution in [0.3, 0.4) is 0 Å². The number of hydrogen-bond acceptors (Lipinski definition) is 6. The zero-order valence-corrected chi connectivity index (χ0v) is 34.1. The number of benzene rings is 2. The van der Waals surface area contributed by atoms with Crippen LogP contribution in [0.5, 0.6) is 0 Å². The number of aliphatic hydroxyl groups excluding tert-OH is 1. The third kappa shape index (κ3) is 8.02. The van der Waals surface area contributed by atoms with E-state index in [9.17, 15) is 9.90 Å². The van der Waals surface area contributed by atoms with Gasteiger partial charge in [-0.2, -0.15) is 11.8 Å². The van der Waals surface area contributed by atoms with Gasteiger partial charge in [0.15, 0.2) is 11.4 Å². The first-order valence-electron chi connectivity index (χ1n) is 16.7. The van der Waals surface area contributed by atoms with Gasteiger partial charge in [-0.05, 0) is 66.6 Å². The molecular formula is C41H50IrNO3S2-. The maximum atomic E-state index is 12.2. The summed E-state index contributed by atoms with van der Waals surface area (Å²) < 4.78 is 7.54. The number of nitrogens with zero attached hydrogens (tertiary/aromatic N) is 1. The average molecular weight is 861 g/mol. The van der Waals surface area contributed by atoms with Crippen LogP contribution in [-0.2, 0) is 30.3 Å². The Morgan fingerprint density at radius 1 is 1.02 bits per heavy atom. The minimum absolute atomic E-state index is 0. The van der Waals surface area contributed by atoms with Crippen LogP contribution in [-0.4, -0.2) is 15.9 Å². The molecule has 1 N–H and O–H groups in total. The quantitative estimate of drug-likeness (QED) is 0.0656. The molecule has 259 valence electrons. The number of aromatic nitrogens is 1. The van der Waals surface area contributed by atoms with Crippen molar-refractivity contribution in [3.05, 3.63) is 82.9 Å². The summed E-state index contributed by atoms with van der Waals surface area (Å²) >= 11 is 3.42. The van der Waals surface area contributed by atoms with Gasteiger partial charge in [0.1, 0.15) is 11.3 Å². The molecule has 0 aliphatic rings. The summed E-state index contributed by atoms with van der Waals surface area (Å²) in [5, 5.41) is 15.4. The first kappa shape index (κ1) is 39.7. The molecule has 0 bridgehead atoms. The van der Waals surface area contributed by atoms with E-state index in [0.29, 0.717) is 0 Å². The van der Waals surface area contributed by atoms with Crippen molar-refractivity contribution in [1.82, 2.24) is 4.98 Å². The molecule has 0 amide bonds. The van der Waals surface area contributed by atoms with Gasteiger partial charge in [-0.15, -0.1) is 40.7 Å². The van der Waals surface area contributed by atoms with Crippen molar-refractivity contribution in [1.29, 1.82) is 0 Å². The molecule has 0 unspecified atom stereocenters. The number of thioether (sulfide) groups is 1. The van der Waals surface area contributed by atoms with E-state index >= 15 is 0 Å². The minimum Gasteiger partial charge on any atom is -0.512 e. The fourth-order valence-electron chi connectivity index (χ4n) is 5.68. The predicted octanol–water partition coefficient (Wildman–Crippen LogP) is 13.2. The first-order chi connectivity index (χ1) is 22.2.